The maximum absolute atomic E-state index is 14.6. The van der Waals surface area contributed by atoms with Crippen LogP contribution >= 0.6 is 0 Å². The summed E-state index contributed by atoms with van der Waals surface area (Å²) in [4.78, 5) is 11.0. The lowest BCUT2D eigenvalue weighted by molar-refractivity contribution is -0.139. The highest BCUT2D eigenvalue weighted by Gasteiger charge is 2.39. The molecule has 3 rings (SSSR count). The minimum absolute atomic E-state index is 0.0551. The Morgan fingerprint density at radius 2 is 1.94 bits per heavy atom. The highest BCUT2D eigenvalue weighted by molar-refractivity contribution is 5.68. The van der Waals surface area contributed by atoms with Gasteiger partial charge in [-0.05, 0) is 49.8 Å². The number of rotatable bonds is 8. The predicted molar refractivity (Wildman–Crippen MR) is 123 cm³/mol. The smallest absolute Gasteiger partial charge is 0.341 e. The van der Waals surface area contributed by atoms with Crippen LogP contribution in [0.3, 0.4) is 0 Å². The first kappa shape index (κ1) is 24.0. The summed E-state index contributed by atoms with van der Waals surface area (Å²) in [5.74, 6) is -1.08. The van der Waals surface area contributed by atoms with Gasteiger partial charge in [0.05, 0.1) is 12.2 Å². The fourth-order valence-electron chi connectivity index (χ4n) is 4.57. The summed E-state index contributed by atoms with van der Waals surface area (Å²) in [6, 6.07) is 13.4. The Labute approximate surface area is 190 Å². The van der Waals surface area contributed by atoms with Crippen LogP contribution in [0, 0.1) is 17.7 Å². The van der Waals surface area contributed by atoms with Crippen molar-refractivity contribution in [2.45, 2.75) is 58.7 Å². The van der Waals surface area contributed by atoms with Gasteiger partial charge in [0.25, 0.3) is 0 Å². The average molecular weight is 441 g/mol. The van der Waals surface area contributed by atoms with Gasteiger partial charge >= 0.3 is 5.97 Å². The molecular weight excluding hydrogens is 407 g/mol. The van der Waals surface area contributed by atoms with E-state index in [2.05, 4.69) is 44.7 Å². The molecule has 1 aliphatic rings. The van der Waals surface area contributed by atoms with Crippen LogP contribution < -0.4 is 4.74 Å². The van der Waals surface area contributed by atoms with Crippen molar-refractivity contribution in [2.24, 2.45) is 11.8 Å². The zero-order chi connectivity index (χ0) is 23.4. The number of carboxylic acids is 1. The lowest BCUT2D eigenvalue weighted by atomic mass is 9.75. The molecule has 0 saturated carbocycles. The number of carbonyl (C=O) groups is 1. The van der Waals surface area contributed by atoms with Crippen molar-refractivity contribution in [3.63, 3.8) is 0 Å². The molecular formula is C27H33FO4. The van der Waals surface area contributed by atoms with E-state index in [1.54, 1.807) is 12.1 Å². The first-order valence-electron chi connectivity index (χ1n) is 11.2. The molecule has 0 aliphatic carbocycles. The Hall–Kier alpha value is -2.66. The maximum atomic E-state index is 14.6. The number of hydrogen-bond acceptors (Lipinski definition) is 3. The summed E-state index contributed by atoms with van der Waals surface area (Å²) in [6.45, 7) is 12.0. The van der Waals surface area contributed by atoms with Crippen LogP contribution in [0.2, 0.25) is 0 Å². The van der Waals surface area contributed by atoms with Gasteiger partial charge in [-0.15, -0.1) is 0 Å². The van der Waals surface area contributed by atoms with E-state index in [0.717, 1.165) is 18.4 Å². The van der Waals surface area contributed by atoms with E-state index in [-0.39, 0.29) is 23.7 Å². The molecule has 1 heterocycles. The molecule has 4 nitrogen and oxygen atoms in total. The monoisotopic (exact) mass is 440 g/mol. The lowest BCUT2D eigenvalue weighted by Gasteiger charge is -2.42. The third-order valence-corrected chi connectivity index (χ3v) is 6.13. The zero-order valence-electron chi connectivity index (χ0n) is 19.3. The molecule has 172 valence electrons. The Bertz CT molecular complexity index is 951. The number of aliphatic carboxylic acids is 1. The zero-order valence-corrected chi connectivity index (χ0v) is 19.3. The van der Waals surface area contributed by atoms with Gasteiger partial charge in [-0.25, -0.2) is 9.18 Å². The normalized spacial score (nSPS) is 23.2. The van der Waals surface area contributed by atoms with Crippen LogP contribution in [-0.4, -0.2) is 23.8 Å². The number of halogens is 1. The second kappa shape index (κ2) is 10.3. The van der Waals surface area contributed by atoms with Gasteiger partial charge in [-0.1, -0.05) is 62.4 Å². The number of benzene rings is 2. The Morgan fingerprint density at radius 1 is 1.25 bits per heavy atom. The van der Waals surface area contributed by atoms with Crippen molar-refractivity contribution in [3.05, 3.63) is 77.1 Å². The molecule has 2 aromatic carbocycles. The van der Waals surface area contributed by atoms with Crippen molar-refractivity contribution in [1.29, 1.82) is 0 Å². The molecule has 5 heteroatoms. The molecule has 0 aromatic heterocycles. The van der Waals surface area contributed by atoms with Crippen molar-refractivity contribution in [1.82, 2.24) is 0 Å². The van der Waals surface area contributed by atoms with Gasteiger partial charge < -0.3 is 14.6 Å². The van der Waals surface area contributed by atoms with E-state index in [1.165, 1.54) is 17.2 Å². The van der Waals surface area contributed by atoms with Crippen molar-refractivity contribution < 1.29 is 23.8 Å². The molecule has 1 fully saturated rings. The SMILES string of the molecule is C=C(C)[C@@H]1C[C@H](c2ccc(CC(C)C)cc2)[C@H](C)O[C@@H]1c1cccc(F)c1OCC(=O)O. The third-order valence-electron chi connectivity index (χ3n) is 6.13. The molecule has 0 radical (unpaired) electrons. The van der Waals surface area contributed by atoms with Crippen LogP contribution in [0.4, 0.5) is 4.39 Å². The summed E-state index contributed by atoms with van der Waals surface area (Å²) in [5.41, 5.74) is 4.01. The highest BCUT2D eigenvalue weighted by atomic mass is 19.1. The minimum atomic E-state index is -1.16. The summed E-state index contributed by atoms with van der Waals surface area (Å²) < 4.78 is 26.3. The van der Waals surface area contributed by atoms with Crippen LogP contribution in [0.25, 0.3) is 0 Å². The van der Waals surface area contributed by atoms with Crippen molar-refractivity contribution in [3.8, 4) is 5.75 Å². The first-order valence-corrected chi connectivity index (χ1v) is 11.2. The number of ether oxygens (including phenoxy) is 2. The number of para-hydroxylation sites is 1. The molecule has 2 aromatic rings. The largest absolute Gasteiger partial charge is 0.479 e. The van der Waals surface area contributed by atoms with E-state index in [0.29, 0.717) is 11.5 Å². The molecule has 0 unspecified atom stereocenters. The van der Waals surface area contributed by atoms with Gasteiger partial charge in [0.1, 0.15) is 0 Å². The van der Waals surface area contributed by atoms with E-state index >= 15 is 0 Å². The first-order chi connectivity index (χ1) is 15.2. The fraction of sp³-hybridized carbons (Fsp3) is 0.444. The summed E-state index contributed by atoms with van der Waals surface area (Å²) >= 11 is 0. The number of carboxylic acid groups (broad SMARTS) is 1. The fourth-order valence-corrected chi connectivity index (χ4v) is 4.57. The second-order valence-electron chi connectivity index (χ2n) is 9.24. The predicted octanol–water partition coefficient (Wildman–Crippen LogP) is 6.31. The molecule has 4 atom stereocenters. The Morgan fingerprint density at radius 3 is 2.53 bits per heavy atom. The van der Waals surface area contributed by atoms with Crippen molar-refractivity contribution >= 4 is 5.97 Å². The van der Waals surface area contributed by atoms with Crippen LogP contribution in [0.5, 0.6) is 5.75 Å². The maximum Gasteiger partial charge on any atom is 0.341 e. The molecule has 1 saturated heterocycles. The minimum Gasteiger partial charge on any atom is -0.479 e. The number of hydrogen-bond donors (Lipinski definition) is 1. The Balaban J connectivity index is 1.88. The molecule has 0 spiro atoms. The molecule has 32 heavy (non-hydrogen) atoms. The van der Waals surface area contributed by atoms with Crippen LogP contribution in [0.1, 0.15) is 62.8 Å². The quantitative estimate of drug-likeness (QED) is 0.489. The van der Waals surface area contributed by atoms with E-state index in [1.807, 2.05) is 13.8 Å². The molecule has 1 N–H and O–H groups in total. The van der Waals surface area contributed by atoms with E-state index < -0.39 is 24.5 Å². The standard InChI is InChI=1S/C27H33FO4/c1-16(2)13-19-9-11-20(12-10-19)23-14-22(17(3)4)26(32-18(23)5)21-7-6-8-24(28)27(21)31-15-25(29)30/h6-12,16,18,22-23,26H,3,13-15H2,1-2,4-5H3,(H,29,30)/t18-,22-,23-,26+/m0/s1. The van der Waals surface area contributed by atoms with Gasteiger partial charge in [0.2, 0.25) is 0 Å². The lowest BCUT2D eigenvalue weighted by Crippen LogP contribution is -2.34. The van der Waals surface area contributed by atoms with E-state index in [4.69, 9.17) is 14.6 Å². The summed E-state index contributed by atoms with van der Waals surface area (Å²) in [5, 5.41) is 8.98. The van der Waals surface area contributed by atoms with Gasteiger partial charge in [0, 0.05) is 17.4 Å². The van der Waals surface area contributed by atoms with E-state index in [9.17, 15) is 9.18 Å². The van der Waals surface area contributed by atoms with Crippen molar-refractivity contribution in [2.75, 3.05) is 6.61 Å². The Kier molecular flexibility index (Phi) is 7.73. The highest BCUT2D eigenvalue weighted by Crippen LogP contribution is 2.48. The van der Waals surface area contributed by atoms with Gasteiger partial charge in [0.15, 0.2) is 18.2 Å². The average Bonchev–Trinajstić information content (AvgIpc) is 2.72. The van der Waals surface area contributed by atoms with Gasteiger partial charge in [-0.2, -0.15) is 0 Å². The molecule has 0 bridgehead atoms. The second-order valence-corrected chi connectivity index (χ2v) is 9.24. The molecule has 0 amide bonds. The van der Waals surface area contributed by atoms with Crippen LogP contribution in [-0.2, 0) is 16.0 Å². The van der Waals surface area contributed by atoms with Gasteiger partial charge in [-0.3, -0.25) is 0 Å². The topological polar surface area (TPSA) is 55.8 Å². The molecule has 1 aliphatic heterocycles. The van der Waals surface area contributed by atoms with Crippen LogP contribution in [0.15, 0.2) is 54.6 Å². The third kappa shape index (κ3) is 5.57. The summed E-state index contributed by atoms with van der Waals surface area (Å²) in [6.07, 6.45) is 1.28. The summed E-state index contributed by atoms with van der Waals surface area (Å²) in [7, 11) is 0.